The molecule has 0 aliphatic heterocycles. The lowest BCUT2D eigenvalue weighted by Gasteiger charge is -2.17. The molecule has 1 aromatic heterocycles. The molecule has 0 fully saturated rings. The maximum Gasteiger partial charge on any atom is 0.257 e. The molecule has 0 atom stereocenters. The van der Waals surface area contributed by atoms with Gasteiger partial charge in [0, 0.05) is 29.2 Å². The van der Waals surface area contributed by atoms with Gasteiger partial charge in [-0.25, -0.2) is 4.98 Å². The van der Waals surface area contributed by atoms with E-state index in [0.29, 0.717) is 34.6 Å². The number of rotatable bonds is 10. The number of anilines is 1. The minimum Gasteiger partial charge on any atom is -0.351 e. The van der Waals surface area contributed by atoms with Crippen LogP contribution >= 0.6 is 22.9 Å². The van der Waals surface area contributed by atoms with E-state index in [1.54, 1.807) is 29.6 Å². The molecule has 146 valence electrons. The number of nitrogens with zero attached hydrogens (tertiary/aromatic N) is 1. The zero-order chi connectivity index (χ0) is 19.6. The quantitative estimate of drug-likeness (QED) is 0.586. The average Bonchev–Trinajstić information content (AvgIpc) is 3.07. The molecule has 0 saturated heterocycles. The van der Waals surface area contributed by atoms with Gasteiger partial charge < -0.3 is 14.8 Å². The van der Waals surface area contributed by atoms with E-state index in [2.05, 4.69) is 15.6 Å². The van der Waals surface area contributed by atoms with Crippen molar-refractivity contribution in [2.24, 2.45) is 0 Å². The van der Waals surface area contributed by atoms with E-state index in [-0.39, 0.29) is 24.8 Å². The van der Waals surface area contributed by atoms with E-state index in [0.717, 1.165) is 0 Å². The number of thiazole rings is 1. The summed E-state index contributed by atoms with van der Waals surface area (Å²) in [7, 11) is 0. The van der Waals surface area contributed by atoms with Crippen LogP contribution in [0.15, 0.2) is 29.6 Å². The zero-order valence-corrected chi connectivity index (χ0v) is 16.7. The van der Waals surface area contributed by atoms with Crippen molar-refractivity contribution in [3.8, 4) is 0 Å². The summed E-state index contributed by atoms with van der Waals surface area (Å²) in [6.07, 6.45) is -0.355. The maximum atomic E-state index is 12.2. The molecule has 0 spiro atoms. The van der Waals surface area contributed by atoms with Gasteiger partial charge in [0.2, 0.25) is 5.91 Å². The molecule has 27 heavy (non-hydrogen) atoms. The lowest BCUT2D eigenvalue weighted by Crippen LogP contribution is -2.36. The summed E-state index contributed by atoms with van der Waals surface area (Å²) in [5.41, 5.74) is 1.06. The van der Waals surface area contributed by atoms with Crippen molar-refractivity contribution < 1.29 is 19.1 Å². The van der Waals surface area contributed by atoms with Crippen LogP contribution in [0, 0.1) is 0 Å². The number of aromatic nitrogens is 1. The van der Waals surface area contributed by atoms with Gasteiger partial charge in [-0.1, -0.05) is 11.6 Å². The molecule has 9 heteroatoms. The lowest BCUT2D eigenvalue weighted by molar-refractivity contribution is -0.140. The summed E-state index contributed by atoms with van der Waals surface area (Å²) >= 11 is 7.07. The van der Waals surface area contributed by atoms with Crippen molar-refractivity contribution in [3.63, 3.8) is 0 Å². The minimum atomic E-state index is -0.464. The summed E-state index contributed by atoms with van der Waals surface area (Å²) in [4.78, 5) is 28.5. The van der Waals surface area contributed by atoms with Crippen LogP contribution in [0.2, 0.25) is 5.02 Å². The first-order chi connectivity index (χ1) is 13.0. The molecule has 0 radical (unpaired) electrons. The Balaban J connectivity index is 1.83. The zero-order valence-electron chi connectivity index (χ0n) is 15.2. The van der Waals surface area contributed by atoms with E-state index in [4.69, 9.17) is 21.1 Å². The average molecular weight is 412 g/mol. The Kier molecular flexibility index (Phi) is 8.66. The van der Waals surface area contributed by atoms with Crippen LogP contribution in [-0.2, 0) is 20.7 Å². The number of carbonyl (C=O) groups is 2. The fraction of sp³-hybridized carbons (Fsp3) is 0.389. The second kappa shape index (κ2) is 11.0. The van der Waals surface area contributed by atoms with E-state index in [1.807, 2.05) is 13.8 Å². The molecule has 2 rings (SSSR count). The van der Waals surface area contributed by atoms with Crippen LogP contribution < -0.4 is 10.6 Å². The molecule has 1 aromatic carbocycles. The predicted octanol–water partition coefficient (Wildman–Crippen LogP) is 3.11. The number of benzene rings is 1. The van der Waals surface area contributed by atoms with Gasteiger partial charge >= 0.3 is 0 Å². The Bertz CT molecular complexity index is 745. The van der Waals surface area contributed by atoms with Gasteiger partial charge in [-0.05, 0) is 38.1 Å². The highest BCUT2D eigenvalue weighted by Gasteiger charge is 2.13. The number of ether oxygens (including phenoxy) is 2. The summed E-state index contributed by atoms with van der Waals surface area (Å²) < 4.78 is 10.7. The molecule has 2 N–H and O–H groups in total. The predicted molar refractivity (Wildman–Crippen MR) is 105 cm³/mol. The SMILES string of the molecule is CCOC(CNC(=O)Cc1csc(NC(=O)c2ccc(Cl)cc2)n1)OCC. The van der Waals surface area contributed by atoms with Crippen molar-refractivity contribution in [1.82, 2.24) is 10.3 Å². The summed E-state index contributed by atoms with van der Waals surface area (Å²) in [5, 5.41) is 8.19. The Labute approximate surface area is 167 Å². The number of hydrogen-bond donors (Lipinski definition) is 2. The highest BCUT2D eigenvalue weighted by atomic mass is 35.5. The van der Waals surface area contributed by atoms with Gasteiger partial charge in [0.15, 0.2) is 11.4 Å². The van der Waals surface area contributed by atoms with Gasteiger partial charge in [0.25, 0.3) is 5.91 Å². The van der Waals surface area contributed by atoms with Crippen molar-refractivity contribution in [1.29, 1.82) is 0 Å². The second-order valence-corrected chi connectivity index (χ2v) is 6.72. The molecule has 0 unspecified atom stereocenters. The molecule has 1 heterocycles. The molecule has 0 aliphatic rings. The van der Waals surface area contributed by atoms with Crippen molar-refractivity contribution in [2.45, 2.75) is 26.6 Å². The monoisotopic (exact) mass is 411 g/mol. The molecule has 0 saturated carbocycles. The van der Waals surface area contributed by atoms with Crippen molar-refractivity contribution in [3.05, 3.63) is 45.9 Å². The van der Waals surface area contributed by atoms with Crippen LogP contribution in [0.4, 0.5) is 5.13 Å². The lowest BCUT2D eigenvalue weighted by atomic mass is 10.2. The minimum absolute atomic E-state index is 0.109. The van der Waals surface area contributed by atoms with E-state index >= 15 is 0 Å². The molecular formula is C18H22ClN3O4S. The van der Waals surface area contributed by atoms with Gasteiger partial charge in [-0.2, -0.15) is 0 Å². The number of amides is 2. The Morgan fingerprint density at radius 2 is 1.85 bits per heavy atom. The first kappa shape index (κ1) is 21.3. The standard InChI is InChI=1S/C18H22ClN3O4S/c1-3-25-16(26-4-2)10-20-15(23)9-14-11-27-18(21-14)22-17(24)12-5-7-13(19)8-6-12/h5-8,11,16H,3-4,9-10H2,1-2H3,(H,20,23)(H,21,22,24). The third-order valence-corrected chi connectivity index (χ3v) is 4.45. The Morgan fingerprint density at radius 1 is 1.19 bits per heavy atom. The molecular weight excluding hydrogens is 390 g/mol. The Hall–Kier alpha value is -2.00. The molecule has 2 aromatic rings. The van der Waals surface area contributed by atoms with Crippen LogP contribution in [-0.4, -0.2) is 42.8 Å². The van der Waals surface area contributed by atoms with Crippen molar-refractivity contribution >= 4 is 39.9 Å². The molecule has 7 nitrogen and oxygen atoms in total. The third-order valence-electron chi connectivity index (χ3n) is 3.39. The maximum absolute atomic E-state index is 12.2. The number of nitrogens with one attached hydrogen (secondary N) is 2. The number of carbonyl (C=O) groups excluding carboxylic acids is 2. The summed E-state index contributed by atoms with van der Waals surface area (Å²) in [6, 6.07) is 6.55. The highest BCUT2D eigenvalue weighted by Crippen LogP contribution is 2.17. The fourth-order valence-electron chi connectivity index (χ4n) is 2.18. The highest BCUT2D eigenvalue weighted by molar-refractivity contribution is 7.14. The third kappa shape index (κ3) is 7.26. The topological polar surface area (TPSA) is 89.6 Å². The van der Waals surface area contributed by atoms with Gasteiger partial charge in [0.05, 0.1) is 18.7 Å². The smallest absolute Gasteiger partial charge is 0.257 e. The van der Waals surface area contributed by atoms with Gasteiger partial charge in [0.1, 0.15) is 0 Å². The first-order valence-electron chi connectivity index (χ1n) is 8.53. The number of hydrogen-bond acceptors (Lipinski definition) is 6. The van der Waals surface area contributed by atoms with Crippen LogP contribution in [0.1, 0.15) is 29.9 Å². The molecule has 2 amide bonds. The second-order valence-electron chi connectivity index (χ2n) is 5.43. The van der Waals surface area contributed by atoms with E-state index < -0.39 is 6.29 Å². The van der Waals surface area contributed by atoms with Crippen LogP contribution in [0.25, 0.3) is 0 Å². The fourth-order valence-corrected chi connectivity index (χ4v) is 3.01. The first-order valence-corrected chi connectivity index (χ1v) is 9.78. The molecule has 0 aliphatic carbocycles. The summed E-state index contributed by atoms with van der Waals surface area (Å²) in [5.74, 6) is -0.478. The van der Waals surface area contributed by atoms with Crippen LogP contribution in [0.3, 0.4) is 0 Å². The summed E-state index contributed by atoms with van der Waals surface area (Å²) in [6.45, 7) is 5.00. The van der Waals surface area contributed by atoms with E-state index in [1.165, 1.54) is 11.3 Å². The Morgan fingerprint density at radius 3 is 2.48 bits per heavy atom. The largest absolute Gasteiger partial charge is 0.351 e. The van der Waals surface area contributed by atoms with Gasteiger partial charge in [-0.3, -0.25) is 14.9 Å². The number of halogens is 1. The molecule has 0 bridgehead atoms. The van der Waals surface area contributed by atoms with E-state index in [9.17, 15) is 9.59 Å². The van der Waals surface area contributed by atoms with Gasteiger partial charge in [-0.15, -0.1) is 11.3 Å². The van der Waals surface area contributed by atoms with Crippen molar-refractivity contribution in [2.75, 3.05) is 25.1 Å². The normalized spacial score (nSPS) is 10.8. The van der Waals surface area contributed by atoms with Crippen LogP contribution in [0.5, 0.6) is 0 Å².